The van der Waals surface area contributed by atoms with Crippen LogP contribution in [0.3, 0.4) is 0 Å². The molecule has 0 bridgehead atoms. The van der Waals surface area contributed by atoms with Gasteiger partial charge < -0.3 is 26.2 Å². The molecule has 10 heteroatoms. The highest BCUT2D eigenvalue weighted by atomic mass is 15.3. The summed E-state index contributed by atoms with van der Waals surface area (Å²) in [6.07, 6.45) is 14.4. The van der Waals surface area contributed by atoms with E-state index in [0.717, 1.165) is 92.4 Å². The summed E-state index contributed by atoms with van der Waals surface area (Å²) in [5, 5.41) is 24.8. The van der Waals surface area contributed by atoms with Gasteiger partial charge >= 0.3 is 0 Å². The fourth-order valence-corrected chi connectivity index (χ4v) is 6.81. The molecule has 1 unspecified atom stereocenters. The summed E-state index contributed by atoms with van der Waals surface area (Å²) in [6.45, 7) is 13.7. The number of aromatic nitrogens is 2. The molecular formula is C37H50N10. The molecule has 1 saturated carbocycles. The maximum Gasteiger partial charge on any atom is 0.228 e. The SMILES string of the molecule is [C-]#[N+]c1ccc(CN(CC2=CC(CCCNCCCNC3CCCCC3)N=N2)c2nc(NC3CCNCC3)c3ccccc3n2)cc1. The zero-order chi connectivity index (χ0) is 32.1. The number of nitrogens with one attached hydrogen (secondary N) is 4. The second-order valence-electron chi connectivity index (χ2n) is 13.2. The number of anilines is 2. The molecule has 0 radical (unpaired) electrons. The first-order valence-corrected chi connectivity index (χ1v) is 17.7. The predicted molar refractivity (Wildman–Crippen MR) is 191 cm³/mol. The average Bonchev–Trinajstić information content (AvgIpc) is 3.57. The van der Waals surface area contributed by atoms with Crippen molar-refractivity contribution in [1.82, 2.24) is 25.9 Å². The monoisotopic (exact) mass is 634 g/mol. The van der Waals surface area contributed by atoms with Gasteiger partial charge in [0.25, 0.3) is 0 Å². The third-order valence-electron chi connectivity index (χ3n) is 9.49. The molecule has 0 amide bonds. The van der Waals surface area contributed by atoms with Crippen LogP contribution in [0, 0.1) is 6.57 Å². The van der Waals surface area contributed by atoms with Gasteiger partial charge in [-0.15, -0.1) is 0 Å². The normalized spacial score (nSPS) is 18.7. The van der Waals surface area contributed by atoms with Crippen molar-refractivity contribution in [2.75, 3.05) is 49.5 Å². The van der Waals surface area contributed by atoms with Crippen LogP contribution in [0.25, 0.3) is 15.7 Å². The second kappa shape index (κ2) is 17.3. The first kappa shape index (κ1) is 33.0. The molecule has 1 aliphatic carbocycles. The second-order valence-corrected chi connectivity index (χ2v) is 13.2. The lowest BCUT2D eigenvalue weighted by Gasteiger charge is -2.27. The third-order valence-corrected chi connectivity index (χ3v) is 9.49. The number of nitrogens with zero attached hydrogens (tertiary/aromatic N) is 6. The van der Waals surface area contributed by atoms with Crippen molar-refractivity contribution in [2.24, 2.45) is 10.2 Å². The number of benzene rings is 2. The summed E-state index contributed by atoms with van der Waals surface area (Å²) in [4.78, 5) is 15.9. The van der Waals surface area contributed by atoms with Gasteiger partial charge in [-0.3, -0.25) is 0 Å². The van der Waals surface area contributed by atoms with Crippen LogP contribution in [0.5, 0.6) is 0 Å². The van der Waals surface area contributed by atoms with Crippen LogP contribution in [0.15, 0.2) is 70.5 Å². The van der Waals surface area contributed by atoms with Gasteiger partial charge in [0.15, 0.2) is 5.69 Å². The van der Waals surface area contributed by atoms with Crippen LogP contribution >= 0.6 is 0 Å². The van der Waals surface area contributed by atoms with Gasteiger partial charge in [-0.25, -0.2) is 9.83 Å². The topological polar surface area (TPSA) is 106 Å². The largest absolute Gasteiger partial charge is 0.367 e. The molecule has 3 heterocycles. The maximum absolute atomic E-state index is 7.35. The first-order valence-electron chi connectivity index (χ1n) is 17.7. The van der Waals surface area contributed by atoms with E-state index in [-0.39, 0.29) is 6.04 Å². The highest BCUT2D eigenvalue weighted by Gasteiger charge is 2.21. The number of fused-ring (bicyclic) bond motifs is 1. The van der Waals surface area contributed by atoms with E-state index >= 15 is 0 Å². The Bertz CT molecular complexity index is 1520. The van der Waals surface area contributed by atoms with Crippen molar-refractivity contribution in [3.05, 3.63) is 77.3 Å². The van der Waals surface area contributed by atoms with Crippen molar-refractivity contribution in [3.8, 4) is 0 Å². The summed E-state index contributed by atoms with van der Waals surface area (Å²) < 4.78 is 0. The molecule has 4 N–H and O–H groups in total. The quantitative estimate of drug-likeness (QED) is 0.102. The molecule has 47 heavy (non-hydrogen) atoms. The molecule has 2 aliphatic heterocycles. The third kappa shape index (κ3) is 9.80. The van der Waals surface area contributed by atoms with Crippen LogP contribution in [-0.2, 0) is 6.54 Å². The van der Waals surface area contributed by atoms with Gasteiger partial charge in [-0.2, -0.15) is 15.2 Å². The van der Waals surface area contributed by atoms with Crippen LogP contribution < -0.4 is 26.2 Å². The fourth-order valence-electron chi connectivity index (χ4n) is 6.81. The molecule has 1 aromatic heterocycles. The van der Waals surface area contributed by atoms with Crippen LogP contribution in [0.2, 0.25) is 0 Å². The van der Waals surface area contributed by atoms with Crippen molar-refractivity contribution in [2.45, 2.75) is 88.9 Å². The average molecular weight is 635 g/mol. The smallest absolute Gasteiger partial charge is 0.228 e. The highest BCUT2D eigenvalue weighted by Crippen LogP contribution is 2.28. The Balaban J connectivity index is 1.08. The number of piperidine rings is 1. The van der Waals surface area contributed by atoms with Crippen LogP contribution in [0.1, 0.15) is 69.8 Å². The van der Waals surface area contributed by atoms with Crippen molar-refractivity contribution in [3.63, 3.8) is 0 Å². The molecule has 0 spiro atoms. The van der Waals surface area contributed by atoms with Crippen LogP contribution in [0.4, 0.5) is 17.5 Å². The number of hydrogen-bond donors (Lipinski definition) is 4. The zero-order valence-electron chi connectivity index (χ0n) is 27.6. The molecule has 248 valence electrons. The summed E-state index contributed by atoms with van der Waals surface area (Å²) in [7, 11) is 0. The van der Waals surface area contributed by atoms with Crippen molar-refractivity contribution >= 4 is 28.4 Å². The van der Waals surface area contributed by atoms with E-state index < -0.39 is 0 Å². The molecule has 3 aromatic rings. The molecule has 3 aliphatic rings. The van der Waals surface area contributed by atoms with E-state index in [1.54, 1.807) is 0 Å². The van der Waals surface area contributed by atoms with Gasteiger partial charge in [-0.1, -0.05) is 55.7 Å². The lowest BCUT2D eigenvalue weighted by atomic mass is 9.95. The van der Waals surface area contributed by atoms with Crippen molar-refractivity contribution < 1.29 is 0 Å². The summed E-state index contributed by atoms with van der Waals surface area (Å²) >= 11 is 0. The van der Waals surface area contributed by atoms with Gasteiger partial charge in [0.1, 0.15) is 5.82 Å². The van der Waals surface area contributed by atoms with Gasteiger partial charge in [0, 0.05) is 24.0 Å². The Hall–Kier alpha value is -3.91. The highest BCUT2D eigenvalue weighted by molar-refractivity contribution is 5.90. The van der Waals surface area contributed by atoms with Gasteiger partial charge in [0.05, 0.1) is 30.4 Å². The minimum absolute atomic E-state index is 0.106. The number of hydrogen-bond acceptors (Lipinski definition) is 9. The summed E-state index contributed by atoms with van der Waals surface area (Å²) in [5.74, 6) is 1.54. The standard InChI is InChI=1S/C37H50N10/c1-38-29-16-14-28(15-17-29)26-47(37-43-35-13-6-5-12-34(35)36(44-37)42-31-18-23-40-24-19-31)27-33-25-32(45-46-33)11-7-20-39-21-8-22-41-30-9-3-2-4-10-30/h5-6,12-17,25,30-32,39-41H,2-4,7-11,18-24,26-27H2,(H,42,43,44). The zero-order valence-corrected chi connectivity index (χ0v) is 27.6. The van der Waals surface area contributed by atoms with E-state index in [1.807, 2.05) is 36.4 Å². The first-order chi connectivity index (χ1) is 23.2. The number of azo groups is 1. The summed E-state index contributed by atoms with van der Waals surface area (Å²) in [6, 6.07) is 17.2. The Kier molecular flexibility index (Phi) is 12.2. The molecule has 2 aromatic carbocycles. The Labute approximate surface area is 279 Å². The molecule has 6 rings (SSSR count). The number of rotatable bonds is 16. The maximum atomic E-state index is 7.35. The minimum atomic E-state index is 0.106. The Morgan fingerprint density at radius 1 is 0.851 bits per heavy atom. The van der Waals surface area contributed by atoms with Gasteiger partial charge in [0.2, 0.25) is 5.95 Å². The lowest BCUT2D eigenvalue weighted by molar-refractivity contribution is 0.371. The molecule has 10 nitrogen and oxygen atoms in total. The molecule has 1 saturated heterocycles. The van der Waals surface area contributed by atoms with E-state index in [2.05, 4.69) is 59.4 Å². The summed E-state index contributed by atoms with van der Waals surface area (Å²) in [5.41, 5.74) is 3.59. The van der Waals surface area contributed by atoms with Crippen LogP contribution in [-0.4, -0.2) is 67.4 Å². The van der Waals surface area contributed by atoms with E-state index in [4.69, 9.17) is 16.5 Å². The molecule has 1 atom stereocenters. The molecule has 2 fully saturated rings. The minimum Gasteiger partial charge on any atom is -0.367 e. The molecular weight excluding hydrogens is 584 g/mol. The van der Waals surface area contributed by atoms with Gasteiger partial charge in [-0.05, 0) is 101 Å². The van der Waals surface area contributed by atoms with E-state index in [9.17, 15) is 0 Å². The van der Waals surface area contributed by atoms with E-state index in [1.165, 1.54) is 38.5 Å². The Morgan fingerprint density at radius 2 is 1.66 bits per heavy atom. The predicted octanol–water partition coefficient (Wildman–Crippen LogP) is 6.75. The number of para-hydroxylation sites is 1. The Morgan fingerprint density at radius 3 is 2.49 bits per heavy atom. The van der Waals surface area contributed by atoms with E-state index in [0.29, 0.717) is 30.8 Å². The van der Waals surface area contributed by atoms with Crippen molar-refractivity contribution in [1.29, 1.82) is 0 Å². The fraction of sp³-hybridized carbons (Fsp3) is 0.541. The lowest BCUT2D eigenvalue weighted by Crippen LogP contribution is -2.35.